The molecule has 0 bridgehead atoms. The van der Waals surface area contributed by atoms with Gasteiger partial charge in [-0.05, 0) is 42.8 Å². The standard InChI is InChI=1S/C14H14O2S/c1-11-5-3-4-6-14(11)17(15)13-9-7-12(16-2)8-10-13/h3-10H,1-2H3. The highest BCUT2D eigenvalue weighted by molar-refractivity contribution is 7.85. The number of hydrogen-bond donors (Lipinski definition) is 0. The maximum absolute atomic E-state index is 12.3. The van der Waals surface area contributed by atoms with Crippen molar-refractivity contribution in [2.24, 2.45) is 0 Å². The largest absolute Gasteiger partial charge is 0.497 e. The monoisotopic (exact) mass is 246 g/mol. The summed E-state index contributed by atoms with van der Waals surface area (Å²) >= 11 is 0. The summed E-state index contributed by atoms with van der Waals surface area (Å²) in [4.78, 5) is 1.65. The van der Waals surface area contributed by atoms with Gasteiger partial charge in [0.05, 0.1) is 17.9 Å². The van der Waals surface area contributed by atoms with Gasteiger partial charge in [0.1, 0.15) is 5.75 Å². The van der Waals surface area contributed by atoms with Crippen LogP contribution in [0.4, 0.5) is 0 Å². The number of methoxy groups -OCH3 is 1. The maximum atomic E-state index is 12.3. The molecule has 17 heavy (non-hydrogen) atoms. The number of rotatable bonds is 3. The van der Waals surface area contributed by atoms with E-state index >= 15 is 0 Å². The van der Waals surface area contributed by atoms with E-state index in [9.17, 15) is 4.21 Å². The van der Waals surface area contributed by atoms with Gasteiger partial charge >= 0.3 is 0 Å². The Morgan fingerprint density at radius 1 is 1.00 bits per heavy atom. The molecule has 0 heterocycles. The maximum Gasteiger partial charge on any atom is 0.118 e. The van der Waals surface area contributed by atoms with Gasteiger partial charge in [0.2, 0.25) is 0 Å². The van der Waals surface area contributed by atoms with Gasteiger partial charge < -0.3 is 4.74 Å². The minimum atomic E-state index is -1.12. The summed E-state index contributed by atoms with van der Waals surface area (Å²) in [6, 6.07) is 15.0. The van der Waals surface area contributed by atoms with Crippen LogP contribution in [0.15, 0.2) is 58.3 Å². The third kappa shape index (κ3) is 2.56. The number of hydrogen-bond acceptors (Lipinski definition) is 2. The van der Waals surface area contributed by atoms with Gasteiger partial charge in [0.25, 0.3) is 0 Å². The van der Waals surface area contributed by atoms with E-state index in [4.69, 9.17) is 4.74 Å². The van der Waals surface area contributed by atoms with Crippen molar-refractivity contribution in [2.75, 3.05) is 7.11 Å². The van der Waals surface area contributed by atoms with Crippen LogP contribution in [0.5, 0.6) is 5.75 Å². The van der Waals surface area contributed by atoms with Crippen LogP contribution in [0, 0.1) is 6.92 Å². The van der Waals surface area contributed by atoms with Gasteiger partial charge in [-0.1, -0.05) is 18.2 Å². The molecule has 0 aromatic heterocycles. The van der Waals surface area contributed by atoms with Crippen LogP contribution in [0.25, 0.3) is 0 Å². The summed E-state index contributed by atoms with van der Waals surface area (Å²) in [5.74, 6) is 0.774. The average molecular weight is 246 g/mol. The van der Waals surface area contributed by atoms with E-state index in [0.717, 1.165) is 21.1 Å². The van der Waals surface area contributed by atoms with Crippen molar-refractivity contribution < 1.29 is 8.95 Å². The quantitative estimate of drug-likeness (QED) is 0.831. The van der Waals surface area contributed by atoms with Gasteiger partial charge in [-0.3, -0.25) is 0 Å². The SMILES string of the molecule is COc1ccc(S(=O)c2ccccc2C)cc1. The zero-order chi connectivity index (χ0) is 12.3. The summed E-state index contributed by atoms with van der Waals surface area (Å²) in [5, 5.41) is 0. The van der Waals surface area contributed by atoms with Gasteiger partial charge in [-0.25, -0.2) is 4.21 Å². The molecule has 0 amide bonds. The van der Waals surface area contributed by atoms with E-state index in [-0.39, 0.29) is 0 Å². The van der Waals surface area contributed by atoms with Gasteiger partial charge in [0, 0.05) is 9.79 Å². The molecule has 0 saturated heterocycles. The molecule has 2 rings (SSSR count). The number of aryl methyl sites for hydroxylation is 1. The normalized spacial score (nSPS) is 12.1. The molecule has 0 aliphatic heterocycles. The fraction of sp³-hybridized carbons (Fsp3) is 0.143. The Morgan fingerprint density at radius 3 is 2.24 bits per heavy atom. The Labute approximate surface area is 104 Å². The Hall–Kier alpha value is -1.61. The summed E-state index contributed by atoms with van der Waals surface area (Å²) in [5.41, 5.74) is 1.04. The lowest BCUT2D eigenvalue weighted by molar-refractivity contribution is 0.414. The van der Waals surface area contributed by atoms with Crippen molar-refractivity contribution in [3.8, 4) is 5.75 Å². The zero-order valence-electron chi connectivity index (χ0n) is 9.84. The first-order valence-electron chi connectivity index (χ1n) is 5.34. The Bertz CT molecular complexity index is 532. The first-order valence-corrected chi connectivity index (χ1v) is 6.49. The van der Waals surface area contributed by atoms with Crippen molar-refractivity contribution in [1.82, 2.24) is 0 Å². The van der Waals surface area contributed by atoms with Crippen molar-refractivity contribution in [1.29, 1.82) is 0 Å². The second-order valence-electron chi connectivity index (χ2n) is 3.71. The van der Waals surface area contributed by atoms with Crippen LogP contribution in [0.3, 0.4) is 0 Å². The molecule has 2 nitrogen and oxygen atoms in total. The smallest absolute Gasteiger partial charge is 0.118 e. The lowest BCUT2D eigenvalue weighted by atomic mass is 10.2. The summed E-state index contributed by atoms with van der Waals surface area (Å²) < 4.78 is 17.4. The molecule has 0 aliphatic rings. The van der Waals surface area contributed by atoms with Crippen molar-refractivity contribution in [3.63, 3.8) is 0 Å². The van der Waals surface area contributed by atoms with Crippen molar-refractivity contribution in [3.05, 3.63) is 54.1 Å². The molecule has 2 aromatic rings. The van der Waals surface area contributed by atoms with Crippen LogP contribution >= 0.6 is 0 Å². The minimum absolute atomic E-state index is 0.774. The molecule has 2 aromatic carbocycles. The van der Waals surface area contributed by atoms with Crippen molar-refractivity contribution in [2.45, 2.75) is 16.7 Å². The zero-order valence-corrected chi connectivity index (χ0v) is 10.7. The van der Waals surface area contributed by atoms with E-state index in [1.54, 1.807) is 7.11 Å². The highest BCUT2D eigenvalue weighted by atomic mass is 32.2. The summed E-state index contributed by atoms with van der Waals surface area (Å²) in [7, 11) is 0.494. The molecule has 3 heteroatoms. The molecule has 88 valence electrons. The van der Waals surface area contributed by atoms with E-state index in [0.29, 0.717) is 0 Å². The third-order valence-corrected chi connectivity index (χ3v) is 4.12. The third-order valence-electron chi connectivity index (χ3n) is 2.57. The topological polar surface area (TPSA) is 26.3 Å². The molecule has 0 aliphatic carbocycles. The van der Waals surface area contributed by atoms with Crippen LogP contribution in [-0.4, -0.2) is 11.3 Å². The van der Waals surface area contributed by atoms with E-state index in [2.05, 4.69) is 0 Å². The first kappa shape index (κ1) is 11.9. The molecule has 0 N–H and O–H groups in total. The molecule has 0 radical (unpaired) electrons. The van der Waals surface area contributed by atoms with E-state index in [1.807, 2.05) is 55.5 Å². The highest BCUT2D eigenvalue weighted by Gasteiger charge is 2.09. The van der Waals surface area contributed by atoms with Gasteiger partial charge in [-0.2, -0.15) is 0 Å². The predicted molar refractivity (Wildman–Crippen MR) is 68.8 cm³/mol. The molecule has 0 spiro atoms. The second kappa shape index (κ2) is 5.15. The van der Waals surface area contributed by atoms with E-state index < -0.39 is 10.8 Å². The lowest BCUT2D eigenvalue weighted by Gasteiger charge is -2.06. The molecule has 0 fully saturated rings. The highest BCUT2D eigenvalue weighted by Crippen LogP contribution is 2.21. The molecular weight excluding hydrogens is 232 g/mol. The fourth-order valence-corrected chi connectivity index (χ4v) is 2.79. The first-order chi connectivity index (χ1) is 8.22. The van der Waals surface area contributed by atoms with Crippen LogP contribution < -0.4 is 4.74 Å². The van der Waals surface area contributed by atoms with Gasteiger partial charge in [-0.15, -0.1) is 0 Å². The molecule has 1 atom stereocenters. The van der Waals surface area contributed by atoms with Crippen LogP contribution in [0.2, 0.25) is 0 Å². The average Bonchev–Trinajstić information content (AvgIpc) is 2.39. The molecule has 0 saturated carbocycles. The van der Waals surface area contributed by atoms with Gasteiger partial charge in [0.15, 0.2) is 0 Å². The fourth-order valence-electron chi connectivity index (χ4n) is 1.59. The van der Waals surface area contributed by atoms with Crippen LogP contribution in [0.1, 0.15) is 5.56 Å². The lowest BCUT2D eigenvalue weighted by Crippen LogP contribution is -1.95. The minimum Gasteiger partial charge on any atom is -0.497 e. The predicted octanol–water partition coefficient (Wildman–Crippen LogP) is 3.17. The van der Waals surface area contributed by atoms with E-state index in [1.165, 1.54) is 0 Å². The molecular formula is C14H14O2S. The summed E-state index contributed by atoms with van der Waals surface area (Å²) in [6.07, 6.45) is 0. The van der Waals surface area contributed by atoms with Crippen LogP contribution in [-0.2, 0) is 10.8 Å². The summed E-state index contributed by atoms with van der Waals surface area (Å²) in [6.45, 7) is 1.97. The Kier molecular flexibility index (Phi) is 3.59. The Morgan fingerprint density at radius 2 is 1.65 bits per heavy atom. The number of benzene rings is 2. The molecule has 1 unspecified atom stereocenters. The Balaban J connectivity index is 2.34. The second-order valence-corrected chi connectivity index (χ2v) is 5.16. The van der Waals surface area contributed by atoms with Crippen molar-refractivity contribution >= 4 is 10.8 Å². The number of ether oxygens (including phenoxy) is 1.